The first-order valence-electron chi connectivity index (χ1n) is 8.20. The minimum atomic E-state index is -0.528. The Morgan fingerprint density at radius 2 is 1.82 bits per heavy atom. The number of methoxy groups -OCH3 is 1. The second-order valence-corrected chi connectivity index (χ2v) is 6.47. The number of aromatic nitrogens is 2. The monoisotopic (exact) mass is 445 g/mol. The molecule has 8 nitrogen and oxygen atoms in total. The molecule has 0 saturated heterocycles. The summed E-state index contributed by atoms with van der Waals surface area (Å²) in [6.45, 7) is -0.419. The first-order valence-corrected chi connectivity index (χ1v) is 8.99. The van der Waals surface area contributed by atoms with E-state index in [-0.39, 0.29) is 13.2 Å². The normalized spacial score (nSPS) is 10.4. The zero-order valence-electron chi connectivity index (χ0n) is 14.8. The van der Waals surface area contributed by atoms with Gasteiger partial charge in [-0.05, 0) is 42.5 Å². The molecule has 0 aliphatic carbocycles. The van der Waals surface area contributed by atoms with Crippen LogP contribution in [0.25, 0.3) is 11.0 Å². The second kappa shape index (κ2) is 9.14. The molecule has 1 aromatic heterocycles. The SMILES string of the molecule is COC(=O)CNC(=O)COc1ccc(Oc2cnc3cc(Br)ccc3n2)cc1. The summed E-state index contributed by atoms with van der Waals surface area (Å²) < 4.78 is 16.4. The van der Waals surface area contributed by atoms with Crippen molar-refractivity contribution in [2.24, 2.45) is 0 Å². The third kappa shape index (κ3) is 5.40. The highest BCUT2D eigenvalue weighted by atomic mass is 79.9. The van der Waals surface area contributed by atoms with E-state index in [1.54, 1.807) is 30.5 Å². The quantitative estimate of drug-likeness (QED) is 0.558. The van der Waals surface area contributed by atoms with Crippen molar-refractivity contribution in [3.8, 4) is 17.4 Å². The van der Waals surface area contributed by atoms with Gasteiger partial charge in [0, 0.05) is 4.47 Å². The van der Waals surface area contributed by atoms with Crippen molar-refractivity contribution in [2.45, 2.75) is 0 Å². The summed E-state index contributed by atoms with van der Waals surface area (Å²) in [4.78, 5) is 31.3. The van der Waals surface area contributed by atoms with Gasteiger partial charge in [0.15, 0.2) is 6.61 Å². The largest absolute Gasteiger partial charge is 0.484 e. The number of hydrogen-bond acceptors (Lipinski definition) is 7. The van der Waals surface area contributed by atoms with Gasteiger partial charge in [-0.1, -0.05) is 15.9 Å². The average molecular weight is 446 g/mol. The minimum absolute atomic E-state index is 0.199. The molecule has 0 radical (unpaired) electrons. The number of nitrogens with one attached hydrogen (secondary N) is 1. The van der Waals surface area contributed by atoms with Gasteiger partial charge in [-0.25, -0.2) is 9.97 Å². The highest BCUT2D eigenvalue weighted by Crippen LogP contribution is 2.24. The van der Waals surface area contributed by atoms with Crippen LogP contribution in [0.15, 0.2) is 53.1 Å². The summed E-state index contributed by atoms with van der Waals surface area (Å²) in [7, 11) is 1.25. The topological polar surface area (TPSA) is 99.6 Å². The number of carbonyl (C=O) groups is 2. The molecular weight excluding hydrogens is 430 g/mol. The summed E-state index contributed by atoms with van der Waals surface area (Å²) in [5, 5.41) is 2.38. The number of hydrogen-bond donors (Lipinski definition) is 1. The first-order chi connectivity index (χ1) is 13.5. The van der Waals surface area contributed by atoms with Gasteiger partial charge in [0.2, 0.25) is 5.88 Å². The standard InChI is InChI=1S/C19H16BrN3O5/c1-26-19(25)10-22-17(24)11-27-13-3-5-14(6-4-13)28-18-9-21-16-8-12(20)2-7-15(16)23-18/h2-9H,10-11H2,1H3,(H,22,24). The van der Waals surface area contributed by atoms with Gasteiger partial charge in [0.05, 0.1) is 24.3 Å². The van der Waals surface area contributed by atoms with Crippen LogP contribution < -0.4 is 14.8 Å². The molecule has 0 spiro atoms. The van der Waals surface area contributed by atoms with Gasteiger partial charge in [-0.15, -0.1) is 0 Å². The van der Waals surface area contributed by atoms with E-state index in [1.807, 2.05) is 18.2 Å². The Labute approximate surface area is 169 Å². The van der Waals surface area contributed by atoms with Crippen molar-refractivity contribution in [1.82, 2.24) is 15.3 Å². The number of benzene rings is 2. The lowest BCUT2D eigenvalue weighted by Crippen LogP contribution is -2.33. The Morgan fingerprint density at radius 3 is 2.57 bits per heavy atom. The predicted octanol–water partition coefficient (Wildman–Crippen LogP) is 2.85. The van der Waals surface area contributed by atoms with E-state index < -0.39 is 11.9 Å². The number of amides is 1. The molecule has 1 amide bonds. The Hall–Kier alpha value is -3.20. The molecule has 0 bridgehead atoms. The van der Waals surface area contributed by atoms with Crippen LogP contribution in [0, 0.1) is 0 Å². The van der Waals surface area contributed by atoms with E-state index in [4.69, 9.17) is 9.47 Å². The van der Waals surface area contributed by atoms with Crippen LogP contribution in [0.2, 0.25) is 0 Å². The molecule has 9 heteroatoms. The van der Waals surface area contributed by atoms with Crippen LogP contribution in [0.1, 0.15) is 0 Å². The Kier molecular flexibility index (Phi) is 6.38. The van der Waals surface area contributed by atoms with E-state index in [0.717, 1.165) is 15.5 Å². The smallest absolute Gasteiger partial charge is 0.325 e. The van der Waals surface area contributed by atoms with E-state index in [0.29, 0.717) is 17.4 Å². The zero-order chi connectivity index (χ0) is 19.9. The van der Waals surface area contributed by atoms with Gasteiger partial charge < -0.3 is 19.5 Å². The molecule has 3 aromatic rings. The number of ether oxygens (including phenoxy) is 3. The number of esters is 1. The van der Waals surface area contributed by atoms with Crippen molar-refractivity contribution in [2.75, 3.05) is 20.3 Å². The molecule has 0 aliphatic heterocycles. The molecule has 0 unspecified atom stereocenters. The van der Waals surface area contributed by atoms with E-state index in [2.05, 4.69) is 36.0 Å². The molecule has 1 N–H and O–H groups in total. The number of halogens is 1. The molecule has 1 heterocycles. The Morgan fingerprint density at radius 1 is 1.07 bits per heavy atom. The van der Waals surface area contributed by atoms with Crippen LogP contribution in [0.3, 0.4) is 0 Å². The molecule has 0 aliphatic rings. The predicted molar refractivity (Wildman–Crippen MR) is 104 cm³/mol. The van der Waals surface area contributed by atoms with Crippen LogP contribution >= 0.6 is 15.9 Å². The maximum Gasteiger partial charge on any atom is 0.325 e. The van der Waals surface area contributed by atoms with Gasteiger partial charge in [-0.2, -0.15) is 0 Å². The number of nitrogens with zero attached hydrogens (tertiary/aromatic N) is 2. The highest BCUT2D eigenvalue weighted by molar-refractivity contribution is 9.10. The average Bonchev–Trinajstić information content (AvgIpc) is 2.71. The lowest BCUT2D eigenvalue weighted by molar-refractivity contribution is -0.141. The van der Waals surface area contributed by atoms with Crippen LogP contribution in [-0.4, -0.2) is 42.1 Å². The fourth-order valence-electron chi connectivity index (χ4n) is 2.18. The Bertz CT molecular complexity index is 995. The molecule has 0 atom stereocenters. The van der Waals surface area contributed by atoms with Gasteiger partial charge in [-0.3, -0.25) is 9.59 Å². The van der Waals surface area contributed by atoms with Crippen molar-refractivity contribution >= 4 is 38.8 Å². The lowest BCUT2D eigenvalue weighted by atomic mass is 10.3. The summed E-state index contributed by atoms with van der Waals surface area (Å²) in [6.07, 6.45) is 1.55. The molecule has 28 heavy (non-hydrogen) atoms. The summed E-state index contributed by atoms with van der Waals surface area (Å²) in [6, 6.07) is 12.3. The summed E-state index contributed by atoms with van der Waals surface area (Å²) in [5.41, 5.74) is 1.48. The summed E-state index contributed by atoms with van der Waals surface area (Å²) in [5.74, 6) is 0.442. The van der Waals surface area contributed by atoms with E-state index >= 15 is 0 Å². The highest BCUT2D eigenvalue weighted by Gasteiger charge is 2.07. The third-order valence-electron chi connectivity index (χ3n) is 3.56. The van der Waals surface area contributed by atoms with Crippen LogP contribution in [0.4, 0.5) is 0 Å². The second-order valence-electron chi connectivity index (χ2n) is 5.56. The van der Waals surface area contributed by atoms with Crippen LogP contribution in [0.5, 0.6) is 17.4 Å². The number of rotatable bonds is 7. The molecule has 3 rings (SSSR count). The van der Waals surface area contributed by atoms with Crippen molar-refractivity contribution in [3.05, 3.63) is 53.1 Å². The third-order valence-corrected chi connectivity index (χ3v) is 4.05. The lowest BCUT2D eigenvalue weighted by Gasteiger charge is -2.08. The number of carbonyl (C=O) groups excluding carboxylic acids is 2. The molecule has 2 aromatic carbocycles. The van der Waals surface area contributed by atoms with Crippen molar-refractivity contribution in [3.63, 3.8) is 0 Å². The van der Waals surface area contributed by atoms with E-state index in [9.17, 15) is 9.59 Å². The molecule has 144 valence electrons. The van der Waals surface area contributed by atoms with Crippen LogP contribution in [-0.2, 0) is 14.3 Å². The first kappa shape index (κ1) is 19.6. The molecule has 0 saturated carbocycles. The maximum atomic E-state index is 11.6. The van der Waals surface area contributed by atoms with Gasteiger partial charge in [0.1, 0.15) is 18.0 Å². The molecular formula is C19H16BrN3O5. The van der Waals surface area contributed by atoms with E-state index in [1.165, 1.54) is 7.11 Å². The van der Waals surface area contributed by atoms with Gasteiger partial charge in [0.25, 0.3) is 5.91 Å². The molecule has 0 fully saturated rings. The van der Waals surface area contributed by atoms with Crippen molar-refractivity contribution in [1.29, 1.82) is 0 Å². The zero-order valence-corrected chi connectivity index (χ0v) is 16.4. The maximum absolute atomic E-state index is 11.6. The summed E-state index contributed by atoms with van der Waals surface area (Å²) >= 11 is 3.39. The fraction of sp³-hybridized carbons (Fsp3) is 0.158. The van der Waals surface area contributed by atoms with Gasteiger partial charge >= 0.3 is 5.97 Å². The number of fused-ring (bicyclic) bond motifs is 1. The Balaban J connectivity index is 1.55. The minimum Gasteiger partial charge on any atom is -0.484 e. The fourth-order valence-corrected chi connectivity index (χ4v) is 2.53. The van der Waals surface area contributed by atoms with Crippen molar-refractivity contribution < 1.29 is 23.8 Å².